The van der Waals surface area contributed by atoms with E-state index in [4.69, 9.17) is 56.4 Å². The van der Waals surface area contributed by atoms with Crippen molar-refractivity contribution >= 4 is 76.4 Å². The standard InChI is InChI=1S/C88H100Cl2N10O28/c1-5-6-7-8-9-10-11-12-13-15-61(106)94-70-73(109)75(111)78(86(120)121)128-87(70)127-77-58-32-43-33-59(77)124-55-25-20-42(30-50(55)89)71(107)69-85(119)98-67(80(114)92-26-14-27-100(3)4)48-34-44(102)35-57(125-88-76(112)74(110)72(108)60(38-101)126-88)62(48)47-29-40(18-23-52(47)103)65(82(116)99-69)95-83(117)66(43)96-84(118)68-49-36-46(37-54(105)63(49)90)123-56-31-41(19-24-53(56)104)64(91-2)81(115)93-51(79(113)97-68)28-39-16-21-45(122-58)22-17-39/h16-25,29-37,51,60,64-76,78,87-88,91,101-105,107-112H,5-15,26-28,38H2,1-4H3,(H,92,114)(H,93,115)(H,94,106)(H,95,117)(H,96,118)(H,97,113)(H,98,119)(H,99,116)(H,120,121)/t51-,60-,64+,65-,66-,67-,68+,69+,70-,71-,72-,73-,74+,75+,76+,78+,87-,88+/m1/s1. The van der Waals surface area contributed by atoms with Gasteiger partial charge in [0.05, 0.1) is 16.7 Å². The van der Waals surface area contributed by atoms with Crippen LogP contribution in [0.3, 0.4) is 0 Å². The molecule has 0 saturated carbocycles. The molecular weight excluding hydrogens is 1720 g/mol. The van der Waals surface area contributed by atoms with Gasteiger partial charge in [-0.05, 0) is 147 Å². The number of unbranched alkanes of at least 4 members (excludes halogenated alkanes) is 8. The van der Waals surface area contributed by atoms with Crippen molar-refractivity contribution in [1.82, 2.24) is 52.8 Å². The number of carbonyl (C=O) groups excluding carboxylic acids is 8. The van der Waals surface area contributed by atoms with E-state index in [1.165, 1.54) is 49.5 Å². The normalized spacial score (nSPS) is 25.8. The van der Waals surface area contributed by atoms with Gasteiger partial charge in [0.2, 0.25) is 65.6 Å². The molecule has 40 heteroatoms. The molecule has 128 heavy (non-hydrogen) atoms. The summed E-state index contributed by atoms with van der Waals surface area (Å²) in [7, 11) is 4.95. The summed E-state index contributed by atoms with van der Waals surface area (Å²) in [5.41, 5.74) is -2.67. The van der Waals surface area contributed by atoms with Crippen molar-refractivity contribution in [3.8, 4) is 80.1 Å². The van der Waals surface area contributed by atoms with Gasteiger partial charge in [-0.3, -0.25) is 38.4 Å². The third-order valence-corrected chi connectivity index (χ3v) is 23.5. The Labute approximate surface area is 742 Å². The number of carbonyl (C=O) groups is 9. The van der Waals surface area contributed by atoms with Crippen LogP contribution < -0.4 is 71.5 Å². The molecule has 684 valence electrons. The highest BCUT2D eigenvalue weighted by molar-refractivity contribution is 6.33. The largest absolute Gasteiger partial charge is 0.508 e. The van der Waals surface area contributed by atoms with Crippen LogP contribution in [0.1, 0.15) is 153 Å². The molecule has 8 amide bonds. The topological polar surface area (TPSA) is 573 Å². The number of nitrogens with zero attached hydrogens (tertiary/aromatic N) is 1. The second-order valence-electron chi connectivity index (χ2n) is 32.2. The third-order valence-electron chi connectivity index (χ3n) is 22.8. The van der Waals surface area contributed by atoms with Gasteiger partial charge in [0.25, 0.3) is 0 Å². The third kappa shape index (κ3) is 21.1. The molecule has 2 saturated heterocycles. The number of nitrogens with one attached hydrogen (secondary N) is 9. The summed E-state index contributed by atoms with van der Waals surface area (Å²) < 4.78 is 44.5. The van der Waals surface area contributed by atoms with Crippen LogP contribution in [-0.4, -0.2) is 234 Å². The number of phenolic OH excluding ortho intramolecular Hbond substituents is 4. The van der Waals surface area contributed by atoms with E-state index < -0.39 is 271 Å². The van der Waals surface area contributed by atoms with Crippen molar-refractivity contribution in [3.63, 3.8) is 0 Å². The minimum Gasteiger partial charge on any atom is -0.508 e. The van der Waals surface area contributed by atoms with Crippen molar-refractivity contribution in [2.75, 3.05) is 40.8 Å². The number of phenols is 4. The summed E-state index contributed by atoms with van der Waals surface area (Å²) in [4.78, 5) is 140. The van der Waals surface area contributed by atoms with Crippen molar-refractivity contribution in [2.24, 2.45) is 0 Å². The van der Waals surface area contributed by atoms with Gasteiger partial charge in [0.1, 0.15) is 131 Å². The van der Waals surface area contributed by atoms with E-state index in [2.05, 4.69) is 54.8 Å². The Bertz CT molecular complexity index is 5320. The zero-order valence-electron chi connectivity index (χ0n) is 69.6. The Morgan fingerprint density at radius 3 is 1.88 bits per heavy atom. The molecule has 2 fully saturated rings. The van der Waals surface area contributed by atoms with E-state index in [9.17, 15) is 75.7 Å². The summed E-state index contributed by atoms with van der Waals surface area (Å²) >= 11 is 14.3. The minimum atomic E-state index is -2.45. The number of hydrogen-bond acceptors (Lipinski definition) is 29. The van der Waals surface area contributed by atoms with Crippen LogP contribution in [0, 0.1) is 0 Å². The number of carboxylic acid groups (broad SMARTS) is 1. The molecule has 0 radical (unpaired) electrons. The first-order valence-corrected chi connectivity index (χ1v) is 42.4. The van der Waals surface area contributed by atoms with E-state index in [1.807, 2.05) is 0 Å². The van der Waals surface area contributed by atoms with Crippen molar-refractivity contribution < 1.29 is 138 Å². The number of hydrogen-bond donors (Lipinski definition) is 21. The fraction of sp³-hybridized carbons (Fsp3) is 0.420. The number of aromatic hydroxyl groups is 4. The smallest absolute Gasteiger partial charge is 0.335 e. The van der Waals surface area contributed by atoms with E-state index in [0.717, 1.165) is 118 Å². The molecule has 17 bridgehead atoms. The van der Waals surface area contributed by atoms with Crippen molar-refractivity contribution in [2.45, 2.75) is 194 Å². The number of carboxylic acids is 1. The molecular formula is C88H100Cl2N10O28. The number of aliphatic carboxylic acids is 1. The van der Waals surface area contributed by atoms with E-state index in [1.54, 1.807) is 19.0 Å². The summed E-state index contributed by atoms with van der Waals surface area (Å²) in [5, 5.41) is 161. The van der Waals surface area contributed by atoms with E-state index >= 15 is 28.8 Å². The average molecular weight is 1820 g/mol. The lowest BCUT2D eigenvalue weighted by atomic mass is 9.89. The van der Waals surface area contributed by atoms with Gasteiger partial charge < -0.3 is 147 Å². The highest BCUT2D eigenvalue weighted by atomic mass is 35.5. The molecule has 0 unspecified atom stereocenters. The zero-order valence-corrected chi connectivity index (χ0v) is 71.1. The number of ether oxygens (including phenoxy) is 7. The number of halogens is 2. The molecule has 8 heterocycles. The fourth-order valence-electron chi connectivity index (χ4n) is 16.0. The molecule has 7 aromatic carbocycles. The number of amides is 8. The lowest BCUT2D eigenvalue weighted by Gasteiger charge is -2.41. The Hall–Kier alpha value is -11.9. The predicted molar refractivity (Wildman–Crippen MR) is 452 cm³/mol. The SMILES string of the molecule is CCCCCCCCCCCC(=O)N[C@H]1[C@H](Oc2c3cc4cc2Oc2ccc(cc2Cl)[C@@H](O)[C@@H]2NC(=O)[C@H](NC(=O)[C@@H]4NC(=O)[C@H]4NC(=O)[C@@H](Cc5ccc(cc5)O3)NC(=O)[C@@H](NC)c3ccc(O)c(c3)Oc3cc(O)c(Cl)c4c3)c3ccc(O)c(c3)-c3c(O[C@H]4O[C@H](CO)[C@@H](O)[C@H](O)[C@@H]4O)cc(O)cc3[C@H](C(=O)NCCCN(C)C)NC2=O)O[C@H](C(=O)O)[C@@H](O)[C@@H]1O. The maximum Gasteiger partial charge on any atom is 0.335 e. The second-order valence-corrected chi connectivity index (χ2v) is 33.0. The Balaban J connectivity index is 1.04. The van der Waals surface area contributed by atoms with Crippen LogP contribution >= 0.6 is 23.2 Å². The van der Waals surface area contributed by atoms with Gasteiger partial charge in [-0.25, -0.2) is 4.79 Å². The van der Waals surface area contributed by atoms with Crippen molar-refractivity contribution in [1.29, 1.82) is 0 Å². The lowest BCUT2D eigenvalue weighted by Crippen LogP contribution is -2.66. The van der Waals surface area contributed by atoms with Crippen molar-refractivity contribution in [3.05, 3.63) is 164 Å². The van der Waals surface area contributed by atoms with Crippen LogP contribution in [0.4, 0.5) is 0 Å². The van der Waals surface area contributed by atoms with Crippen LogP contribution in [0.5, 0.6) is 69.0 Å². The van der Waals surface area contributed by atoms with Gasteiger partial charge in [0.15, 0.2) is 29.1 Å². The minimum absolute atomic E-state index is 0.0939. The highest BCUT2D eigenvalue weighted by Gasteiger charge is 2.52. The predicted octanol–water partition coefficient (Wildman–Crippen LogP) is 4.31. The molecule has 8 aliphatic heterocycles. The molecule has 21 N–H and O–H groups in total. The Morgan fingerprint density at radius 1 is 0.547 bits per heavy atom. The van der Waals surface area contributed by atoms with Crippen LogP contribution in [-0.2, 0) is 59.0 Å². The number of fused-ring (bicyclic) bond motifs is 14. The Kier molecular flexibility index (Phi) is 30.1. The maximum absolute atomic E-state index is 16.8. The molecule has 15 rings (SSSR count). The van der Waals surface area contributed by atoms with Gasteiger partial charge in [-0.15, -0.1) is 0 Å². The highest BCUT2D eigenvalue weighted by Crippen LogP contribution is 2.51. The summed E-state index contributed by atoms with van der Waals surface area (Å²) in [6, 6.07) is 5.70. The number of rotatable bonds is 23. The number of aliphatic hydroxyl groups is 7. The quantitative estimate of drug-likeness (QED) is 0.0397. The van der Waals surface area contributed by atoms with Gasteiger partial charge in [0, 0.05) is 48.2 Å². The second kappa shape index (κ2) is 41.0. The van der Waals surface area contributed by atoms with Gasteiger partial charge in [-0.1, -0.05) is 112 Å². The monoisotopic (exact) mass is 1810 g/mol. The fourth-order valence-corrected chi connectivity index (χ4v) is 16.4. The van der Waals surface area contributed by atoms with Gasteiger partial charge in [-0.2, -0.15) is 0 Å². The first-order chi connectivity index (χ1) is 61.2. The number of aliphatic hydroxyl groups excluding tert-OH is 7. The molecule has 8 aliphatic rings. The molecule has 0 aliphatic carbocycles. The summed E-state index contributed by atoms with van der Waals surface area (Å²) in [5.74, 6) is -18.0. The molecule has 0 aromatic heterocycles. The number of likely N-dealkylation sites (N-methyl/N-ethyl adjacent to an activating group) is 1. The van der Waals surface area contributed by atoms with E-state index in [-0.39, 0.29) is 47.8 Å². The van der Waals surface area contributed by atoms with Crippen LogP contribution in [0.25, 0.3) is 11.1 Å². The van der Waals surface area contributed by atoms with Gasteiger partial charge >= 0.3 is 5.97 Å². The molecule has 0 spiro atoms. The zero-order chi connectivity index (χ0) is 91.8. The summed E-state index contributed by atoms with van der Waals surface area (Å²) in [6.45, 7) is 1.46. The van der Waals surface area contributed by atoms with E-state index in [0.29, 0.717) is 24.9 Å². The molecule has 18 atom stereocenters. The average Bonchev–Trinajstić information content (AvgIpc) is 0.755. The molecule has 7 aromatic rings. The number of benzene rings is 7. The maximum atomic E-state index is 16.8. The van der Waals surface area contributed by atoms with Crippen LogP contribution in [0.15, 0.2) is 115 Å². The first-order valence-electron chi connectivity index (χ1n) is 41.6. The lowest BCUT2D eigenvalue weighted by molar-refractivity contribution is -0.277. The Morgan fingerprint density at radius 2 is 1.19 bits per heavy atom. The first kappa shape index (κ1) is 93.7. The summed E-state index contributed by atoms with van der Waals surface area (Å²) in [6.07, 6.45) is -13.5. The van der Waals surface area contributed by atoms with Crippen LogP contribution in [0.2, 0.25) is 10.0 Å². The molecule has 38 nitrogen and oxygen atoms in total.